The van der Waals surface area contributed by atoms with Gasteiger partial charge in [-0.15, -0.1) is 0 Å². The highest BCUT2D eigenvalue weighted by molar-refractivity contribution is 6.35. The largest absolute Gasteiger partial charge is 0.355 e. The maximum atomic E-state index is 12.2. The minimum atomic E-state index is -0.467. The first-order valence-electron chi connectivity index (χ1n) is 7.23. The molecule has 0 bridgehead atoms. The van der Waals surface area contributed by atoms with Gasteiger partial charge in [0.25, 0.3) is 0 Å². The number of likely N-dealkylation sites (tertiary alicyclic amines) is 1. The molecule has 22 heavy (non-hydrogen) atoms. The number of nitrogens with two attached hydrogens (primary N) is 1. The Morgan fingerprint density at radius 2 is 2.14 bits per heavy atom. The fourth-order valence-electron chi connectivity index (χ4n) is 2.58. The van der Waals surface area contributed by atoms with Crippen LogP contribution >= 0.6 is 23.2 Å². The van der Waals surface area contributed by atoms with Crippen molar-refractivity contribution in [3.8, 4) is 0 Å². The van der Waals surface area contributed by atoms with Crippen LogP contribution in [0.4, 0.5) is 4.79 Å². The number of benzene rings is 1. The zero-order valence-electron chi connectivity index (χ0n) is 12.1. The quantitative estimate of drug-likeness (QED) is 0.880. The van der Waals surface area contributed by atoms with Crippen LogP contribution in [0, 0.1) is 5.92 Å². The second kappa shape index (κ2) is 7.70. The van der Waals surface area contributed by atoms with E-state index in [0.29, 0.717) is 36.1 Å². The van der Waals surface area contributed by atoms with Crippen LogP contribution in [-0.2, 0) is 11.2 Å². The molecule has 1 aromatic carbocycles. The third-order valence-corrected chi connectivity index (χ3v) is 4.40. The molecule has 0 saturated carbocycles. The number of primary amides is 1. The molecule has 3 N–H and O–H groups in total. The predicted molar refractivity (Wildman–Crippen MR) is 87.1 cm³/mol. The molecule has 7 heteroatoms. The van der Waals surface area contributed by atoms with E-state index in [9.17, 15) is 9.59 Å². The number of halogens is 2. The molecule has 1 saturated heterocycles. The fraction of sp³-hybridized carbons (Fsp3) is 0.467. The van der Waals surface area contributed by atoms with E-state index in [1.807, 2.05) is 6.07 Å². The van der Waals surface area contributed by atoms with Gasteiger partial charge < -0.3 is 16.0 Å². The SMILES string of the molecule is NC(=O)N1CCCC(C(=O)NCCc2ccc(Cl)cc2Cl)C1. The van der Waals surface area contributed by atoms with Crippen LogP contribution in [0.1, 0.15) is 18.4 Å². The molecule has 2 rings (SSSR count). The molecule has 0 radical (unpaired) electrons. The average Bonchev–Trinajstić information content (AvgIpc) is 2.49. The van der Waals surface area contributed by atoms with E-state index in [-0.39, 0.29) is 11.8 Å². The van der Waals surface area contributed by atoms with Gasteiger partial charge in [-0.05, 0) is 37.0 Å². The number of carbonyl (C=O) groups excluding carboxylic acids is 2. The average molecular weight is 344 g/mol. The molecule has 1 aromatic rings. The molecule has 120 valence electrons. The number of urea groups is 1. The molecule has 1 fully saturated rings. The lowest BCUT2D eigenvalue weighted by atomic mass is 9.97. The summed E-state index contributed by atoms with van der Waals surface area (Å²) in [5.41, 5.74) is 6.20. The molecular formula is C15H19Cl2N3O2. The van der Waals surface area contributed by atoms with Gasteiger partial charge in [-0.25, -0.2) is 4.79 Å². The van der Waals surface area contributed by atoms with Crippen molar-refractivity contribution in [1.29, 1.82) is 0 Å². The minimum Gasteiger partial charge on any atom is -0.355 e. The van der Waals surface area contributed by atoms with Crippen LogP contribution < -0.4 is 11.1 Å². The monoisotopic (exact) mass is 343 g/mol. The summed E-state index contributed by atoms with van der Waals surface area (Å²) < 4.78 is 0. The summed E-state index contributed by atoms with van der Waals surface area (Å²) in [6.45, 7) is 1.51. The summed E-state index contributed by atoms with van der Waals surface area (Å²) in [6, 6.07) is 4.85. The predicted octanol–water partition coefficient (Wildman–Crippen LogP) is 2.44. The van der Waals surface area contributed by atoms with Crippen LogP contribution in [0.3, 0.4) is 0 Å². The van der Waals surface area contributed by atoms with Gasteiger partial charge in [-0.2, -0.15) is 0 Å². The summed E-state index contributed by atoms with van der Waals surface area (Å²) in [7, 11) is 0. The van der Waals surface area contributed by atoms with Crippen LogP contribution in [0.5, 0.6) is 0 Å². The zero-order chi connectivity index (χ0) is 16.1. The normalized spacial score (nSPS) is 18.1. The maximum Gasteiger partial charge on any atom is 0.314 e. The Morgan fingerprint density at radius 3 is 2.82 bits per heavy atom. The topological polar surface area (TPSA) is 75.4 Å². The Labute approximate surface area is 139 Å². The molecule has 1 heterocycles. The molecule has 1 aliphatic rings. The smallest absolute Gasteiger partial charge is 0.314 e. The van der Waals surface area contributed by atoms with E-state index in [1.54, 1.807) is 12.1 Å². The van der Waals surface area contributed by atoms with Gasteiger partial charge in [0.1, 0.15) is 0 Å². The van der Waals surface area contributed by atoms with Crippen molar-refractivity contribution in [2.24, 2.45) is 11.7 Å². The molecule has 5 nitrogen and oxygen atoms in total. The van der Waals surface area contributed by atoms with Gasteiger partial charge >= 0.3 is 6.03 Å². The van der Waals surface area contributed by atoms with E-state index < -0.39 is 6.03 Å². The molecular weight excluding hydrogens is 325 g/mol. The Balaban J connectivity index is 1.81. The van der Waals surface area contributed by atoms with E-state index in [4.69, 9.17) is 28.9 Å². The van der Waals surface area contributed by atoms with Crippen molar-refractivity contribution >= 4 is 35.1 Å². The van der Waals surface area contributed by atoms with E-state index in [0.717, 1.165) is 18.4 Å². The zero-order valence-corrected chi connectivity index (χ0v) is 13.7. The van der Waals surface area contributed by atoms with Gasteiger partial charge in [0.2, 0.25) is 5.91 Å². The highest BCUT2D eigenvalue weighted by Gasteiger charge is 2.27. The summed E-state index contributed by atoms with van der Waals surface area (Å²) >= 11 is 11.9. The lowest BCUT2D eigenvalue weighted by Crippen LogP contribution is -2.47. The van der Waals surface area contributed by atoms with Gasteiger partial charge in [0.05, 0.1) is 5.92 Å². The number of rotatable bonds is 4. The Bertz CT molecular complexity index is 566. The Hall–Kier alpha value is -1.46. The second-order valence-corrected chi connectivity index (χ2v) is 6.24. The first-order chi connectivity index (χ1) is 10.5. The van der Waals surface area contributed by atoms with E-state index >= 15 is 0 Å². The summed E-state index contributed by atoms with van der Waals surface area (Å²) in [6.07, 6.45) is 2.20. The number of hydrogen-bond acceptors (Lipinski definition) is 2. The summed E-state index contributed by atoms with van der Waals surface area (Å²) in [5.74, 6) is -0.238. The van der Waals surface area contributed by atoms with Crippen molar-refractivity contribution in [1.82, 2.24) is 10.2 Å². The Morgan fingerprint density at radius 1 is 1.36 bits per heavy atom. The molecule has 0 aromatic heterocycles. The van der Waals surface area contributed by atoms with Crippen molar-refractivity contribution in [2.75, 3.05) is 19.6 Å². The summed E-state index contributed by atoms with van der Waals surface area (Å²) in [4.78, 5) is 24.8. The van der Waals surface area contributed by atoms with Crippen molar-refractivity contribution in [2.45, 2.75) is 19.3 Å². The van der Waals surface area contributed by atoms with Crippen molar-refractivity contribution < 1.29 is 9.59 Å². The second-order valence-electron chi connectivity index (χ2n) is 5.40. The van der Waals surface area contributed by atoms with Gasteiger partial charge in [-0.3, -0.25) is 4.79 Å². The molecule has 3 amide bonds. The van der Waals surface area contributed by atoms with Crippen LogP contribution in [-0.4, -0.2) is 36.5 Å². The number of piperidine rings is 1. The van der Waals surface area contributed by atoms with Crippen LogP contribution in [0.25, 0.3) is 0 Å². The number of nitrogens with zero attached hydrogens (tertiary/aromatic N) is 1. The number of carbonyl (C=O) groups is 2. The summed E-state index contributed by atoms with van der Waals surface area (Å²) in [5, 5.41) is 4.08. The van der Waals surface area contributed by atoms with Gasteiger partial charge in [-0.1, -0.05) is 29.3 Å². The van der Waals surface area contributed by atoms with Crippen molar-refractivity contribution in [3.63, 3.8) is 0 Å². The third kappa shape index (κ3) is 4.52. The molecule has 1 aliphatic heterocycles. The van der Waals surface area contributed by atoms with E-state index in [1.165, 1.54) is 4.90 Å². The molecule has 1 atom stereocenters. The third-order valence-electron chi connectivity index (χ3n) is 3.81. The molecule has 0 aliphatic carbocycles. The van der Waals surface area contributed by atoms with Gasteiger partial charge in [0, 0.05) is 29.7 Å². The Kier molecular flexibility index (Phi) is 5.91. The van der Waals surface area contributed by atoms with Gasteiger partial charge in [0.15, 0.2) is 0 Å². The van der Waals surface area contributed by atoms with Crippen LogP contribution in [0.15, 0.2) is 18.2 Å². The highest BCUT2D eigenvalue weighted by Crippen LogP contribution is 2.21. The highest BCUT2D eigenvalue weighted by atomic mass is 35.5. The molecule has 0 spiro atoms. The lowest BCUT2D eigenvalue weighted by molar-refractivity contribution is -0.126. The number of nitrogens with one attached hydrogen (secondary N) is 1. The molecule has 1 unspecified atom stereocenters. The standard InChI is InChI=1S/C15H19Cl2N3O2/c16-12-4-3-10(13(17)8-12)5-6-19-14(21)11-2-1-7-20(9-11)15(18)22/h3-4,8,11H,1-2,5-7,9H2,(H2,18,22)(H,19,21). The first-order valence-corrected chi connectivity index (χ1v) is 7.99. The maximum absolute atomic E-state index is 12.2. The minimum absolute atomic E-state index is 0.0453. The fourth-order valence-corrected chi connectivity index (χ4v) is 3.08. The van der Waals surface area contributed by atoms with Crippen molar-refractivity contribution in [3.05, 3.63) is 33.8 Å². The lowest BCUT2D eigenvalue weighted by Gasteiger charge is -2.30. The van der Waals surface area contributed by atoms with E-state index in [2.05, 4.69) is 5.32 Å². The number of hydrogen-bond donors (Lipinski definition) is 2. The first kappa shape index (κ1) is 16.9. The van der Waals surface area contributed by atoms with Crippen LogP contribution in [0.2, 0.25) is 10.0 Å². The number of amides is 3.